The molecule has 1 heterocycles. The van der Waals surface area contributed by atoms with Gasteiger partial charge in [-0.15, -0.1) is 0 Å². The zero-order chi connectivity index (χ0) is 17.2. The predicted molar refractivity (Wildman–Crippen MR) is 91.4 cm³/mol. The fourth-order valence-electron chi connectivity index (χ4n) is 2.72. The first-order chi connectivity index (χ1) is 10.7. The maximum absolute atomic E-state index is 12.5. The molecule has 0 aliphatic carbocycles. The van der Waals surface area contributed by atoms with E-state index in [1.807, 2.05) is 32.0 Å². The average Bonchev–Trinajstić information content (AvgIpc) is 2.51. The van der Waals surface area contributed by atoms with Crippen LogP contribution in [0.25, 0.3) is 0 Å². The number of carbonyl (C=O) groups is 1. The van der Waals surface area contributed by atoms with Crippen LogP contribution in [0.1, 0.15) is 24.0 Å². The van der Waals surface area contributed by atoms with Gasteiger partial charge in [-0.05, 0) is 43.9 Å². The second-order valence-corrected chi connectivity index (χ2v) is 8.37. The Labute approximate surface area is 138 Å². The van der Waals surface area contributed by atoms with Crippen molar-refractivity contribution in [2.24, 2.45) is 5.92 Å². The topological polar surface area (TPSA) is 69.7 Å². The van der Waals surface area contributed by atoms with Crippen LogP contribution >= 0.6 is 0 Å². The highest BCUT2D eigenvalue weighted by Crippen LogP contribution is 2.23. The molecule has 0 spiro atoms. The number of hydrogen-bond donors (Lipinski definition) is 1. The van der Waals surface area contributed by atoms with E-state index in [4.69, 9.17) is 0 Å². The Morgan fingerprint density at radius 3 is 2.65 bits per heavy atom. The molecule has 1 fully saturated rings. The van der Waals surface area contributed by atoms with Crippen molar-refractivity contribution in [1.29, 1.82) is 0 Å². The first-order valence-corrected chi connectivity index (χ1v) is 9.18. The van der Waals surface area contributed by atoms with Gasteiger partial charge in [-0.2, -0.15) is 17.0 Å². The highest BCUT2D eigenvalue weighted by Gasteiger charge is 2.33. The standard InChI is InChI=1S/C16H25N3O3S/c1-12-7-5-9-15(13(12)2)17-16(20)14-8-6-10-19(11-14)23(21,22)18(3)4/h5,7,9,14H,6,8,10-11H2,1-4H3,(H,17,20). The second-order valence-electron chi connectivity index (χ2n) is 6.22. The van der Waals surface area contributed by atoms with E-state index in [1.54, 1.807) is 0 Å². The summed E-state index contributed by atoms with van der Waals surface area (Å²) in [5.41, 5.74) is 2.94. The Balaban J connectivity index is 2.09. The first kappa shape index (κ1) is 17.9. The Hall–Kier alpha value is -1.44. The van der Waals surface area contributed by atoms with Gasteiger partial charge in [-0.25, -0.2) is 0 Å². The molecule has 0 radical (unpaired) electrons. The fraction of sp³-hybridized carbons (Fsp3) is 0.562. The molecule has 6 nitrogen and oxygen atoms in total. The van der Waals surface area contributed by atoms with Crippen molar-refractivity contribution in [1.82, 2.24) is 8.61 Å². The highest BCUT2D eigenvalue weighted by molar-refractivity contribution is 7.86. The van der Waals surface area contributed by atoms with Crippen LogP contribution in [0.2, 0.25) is 0 Å². The zero-order valence-corrected chi connectivity index (χ0v) is 15.0. The van der Waals surface area contributed by atoms with Gasteiger partial charge in [-0.3, -0.25) is 4.79 Å². The SMILES string of the molecule is Cc1cccc(NC(=O)C2CCCN(S(=O)(=O)N(C)C)C2)c1C. The first-order valence-electron chi connectivity index (χ1n) is 7.78. The molecule has 1 aromatic carbocycles. The molecule has 1 aliphatic rings. The minimum Gasteiger partial charge on any atom is -0.326 e. The van der Waals surface area contributed by atoms with E-state index in [-0.39, 0.29) is 18.4 Å². The van der Waals surface area contributed by atoms with Gasteiger partial charge in [0.25, 0.3) is 10.2 Å². The molecule has 1 amide bonds. The van der Waals surface area contributed by atoms with Crippen molar-refractivity contribution in [3.63, 3.8) is 0 Å². The van der Waals surface area contributed by atoms with Crippen molar-refractivity contribution in [3.05, 3.63) is 29.3 Å². The van der Waals surface area contributed by atoms with Crippen molar-refractivity contribution < 1.29 is 13.2 Å². The average molecular weight is 339 g/mol. The summed E-state index contributed by atoms with van der Waals surface area (Å²) in [5, 5.41) is 2.95. The quantitative estimate of drug-likeness (QED) is 0.909. The molecule has 23 heavy (non-hydrogen) atoms. The van der Waals surface area contributed by atoms with Gasteiger partial charge >= 0.3 is 0 Å². The summed E-state index contributed by atoms with van der Waals surface area (Å²) in [5.74, 6) is -0.434. The number of rotatable bonds is 4. The van der Waals surface area contributed by atoms with E-state index < -0.39 is 10.2 Å². The lowest BCUT2D eigenvalue weighted by Crippen LogP contribution is -2.47. The van der Waals surface area contributed by atoms with Crippen LogP contribution < -0.4 is 5.32 Å². The maximum atomic E-state index is 12.5. The third kappa shape index (κ3) is 3.91. The molecule has 1 atom stereocenters. The van der Waals surface area contributed by atoms with Gasteiger partial charge in [0.1, 0.15) is 0 Å². The summed E-state index contributed by atoms with van der Waals surface area (Å²) >= 11 is 0. The molecule has 1 saturated heterocycles. The van der Waals surface area contributed by atoms with Crippen molar-refractivity contribution in [2.45, 2.75) is 26.7 Å². The van der Waals surface area contributed by atoms with Gasteiger partial charge in [-0.1, -0.05) is 12.1 Å². The van der Waals surface area contributed by atoms with Gasteiger partial charge in [0.05, 0.1) is 5.92 Å². The third-order valence-electron chi connectivity index (χ3n) is 4.41. The van der Waals surface area contributed by atoms with Gasteiger partial charge in [0, 0.05) is 32.9 Å². The monoisotopic (exact) mass is 339 g/mol. The minimum absolute atomic E-state index is 0.114. The van der Waals surface area contributed by atoms with Crippen LogP contribution in [0.3, 0.4) is 0 Å². The molecule has 1 unspecified atom stereocenters. The number of anilines is 1. The minimum atomic E-state index is -3.47. The summed E-state index contributed by atoms with van der Waals surface area (Å²) in [4.78, 5) is 12.5. The molecule has 2 rings (SSSR count). The van der Waals surface area contributed by atoms with Crippen LogP contribution in [-0.2, 0) is 15.0 Å². The lowest BCUT2D eigenvalue weighted by atomic mass is 9.98. The molecule has 1 N–H and O–H groups in total. The normalized spacial score (nSPS) is 19.8. The molecule has 0 saturated carbocycles. The van der Waals surface area contributed by atoms with Crippen LogP contribution in [-0.4, -0.2) is 50.1 Å². The van der Waals surface area contributed by atoms with Crippen LogP contribution in [0.4, 0.5) is 5.69 Å². The van der Waals surface area contributed by atoms with Crippen LogP contribution in [0, 0.1) is 19.8 Å². The van der Waals surface area contributed by atoms with E-state index in [2.05, 4.69) is 5.32 Å². The Kier molecular flexibility index (Phi) is 5.44. The van der Waals surface area contributed by atoms with Crippen molar-refractivity contribution >= 4 is 21.8 Å². The maximum Gasteiger partial charge on any atom is 0.281 e. The van der Waals surface area contributed by atoms with E-state index in [0.29, 0.717) is 19.4 Å². The van der Waals surface area contributed by atoms with E-state index in [0.717, 1.165) is 16.8 Å². The largest absolute Gasteiger partial charge is 0.326 e. The van der Waals surface area contributed by atoms with Gasteiger partial charge < -0.3 is 5.32 Å². The summed E-state index contributed by atoms with van der Waals surface area (Å²) in [6.45, 7) is 4.66. The smallest absolute Gasteiger partial charge is 0.281 e. The second kappa shape index (κ2) is 6.98. The number of carbonyl (C=O) groups excluding carboxylic acids is 1. The molecule has 0 bridgehead atoms. The molecule has 7 heteroatoms. The summed E-state index contributed by atoms with van der Waals surface area (Å²) in [6, 6.07) is 5.77. The van der Waals surface area contributed by atoms with E-state index >= 15 is 0 Å². The summed E-state index contributed by atoms with van der Waals surface area (Å²) < 4.78 is 27.0. The summed E-state index contributed by atoms with van der Waals surface area (Å²) in [6.07, 6.45) is 1.40. The number of nitrogens with zero attached hydrogens (tertiary/aromatic N) is 2. The molecule has 0 aromatic heterocycles. The number of benzene rings is 1. The third-order valence-corrected chi connectivity index (χ3v) is 6.31. The molecular weight excluding hydrogens is 314 g/mol. The number of amides is 1. The molecular formula is C16H25N3O3S. The number of aryl methyl sites for hydroxylation is 1. The van der Waals surface area contributed by atoms with Crippen LogP contribution in [0.5, 0.6) is 0 Å². The Morgan fingerprint density at radius 2 is 2.00 bits per heavy atom. The lowest BCUT2D eigenvalue weighted by molar-refractivity contribution is -0.120. The van der Waals surface area contributed by atoms with E-state index in [1.165, 1.54) is 22.7 Å². The Morgan fingerprint density at radius 1 is 1.30 bits per heavy atom. The molecule has 1 aliphatic heterocycles. The zero-order valence-electron chi connectivity index (χ0n) is 14.2. The molecule has 128 valence electrons. The van der Waals surface area contributed by atoms with Crippen molar-refractivity contribution in [3.8, 4) is 0 Å². The van der Waals surface area contributed by atoms with E-state index in [9.17, 15) is 13.2 Å². The number of nitrogens with one attached hydrogen (secondary N) is 1. The van der Waals surface area contributed by atoms with Crippen LogP contribution in [0.15, 0.2) is 18.2 Å². The summed E-state index contributed by atoms with van der Waals surface area (Å²) in [7, 11) is -0.449. The molecule has 1 aromatic rings. The van der Waals surface area contributed by atoms with Gasteiger partial charge in [0.2, 0.25) is 5.91 Å². The fourth-order valence-corrected chi connectivity index (χ4v) is 3.91. The number of hydrogen-bond acceptors (Lipinski definition) is 3. The number of piperidine rings is 1. The highest BCUT2D eigenvalue weighted by atomic mass is 32.2. The Bertz CT molecular complexity index is 686. The lowest BCUT2D eigenvalue weighted by Gasteiger charge is -2.32. The predicted octanol–water partition coefficient (Wildman–Crippen LogP) is 1.76. The van der Waals surface area contributed by atoms with Crippen molar-refractivity contribution in [2.75, 3.05) is 32.5 Å². The van der Waals surface area contributed by atoms with Gasteiger partial charge in [0.15, 0.2) is 0 Å².